The second-order valence-electron chi connectivity index (χ2n) is 4.22. The van der Waals surface area contributed by atoms with Crippen molar-refractivity contribution < 1.29 is 14.7 Å². The Labute approximate surface area is 89.0 Å². The summed E-state index contributed by atoms with van der Waals surface area (Å²) in [5, 5.41) is 11.7. The summed E-state index contributed by atoms with van der Waals surface area (Å²) in [6.45, 7) is 0.150. The number of urea groups is 1. The van der Waals surface area contributed by atoms with Gasteiger partial charge in [-0.2, -0.15) is 0 Å². The highest BCUT2D eigenvalue weighted by Crippen LogP contribution is 2.34. The van der Waals surface area contributed by atoms with Crippen LogP contribution in [0, 0.1) is 5.41 Å². The number of carboxylic acid groups (broad SMARTS) is 1. The quantitative estimate of drug-likeness (QED) is 0.614. The smallest absolute Gasteiger partial charge is 0.312 e. The van der Waals surface area contributed by atoms with Crippen LogP contribution in [0.25, 0.3) is 0 Å². The molecular weight excluding hydrogens is 196 g/mol. The molecule has 0 aromatic heterocycles. The van der Waals surface area contributed by atoms with E-state index >= 15 is 0 Å². The molecule has 0 aromatic rings. The molecule has 0 spiro atoms. The lowest BCUT2D eigenvalue weighted by molar-refractivity contribution is -0.149. The van der Waals surface area contributed by atoms with E-state index < -0.39 is 17.4 Å². The van der Waals surface area contributed by atoms with Crippen molar-refractivity contribution in [2.24, 2.45) is 11.1 Å². The van der Waals surface area contributed by atoms with Crippen molar-refractivity contribution >= 4 is 12.0 Å². The van der Waals surface area contributed by atoms with Crippen LogP contribution in [0.2, 0.25) is 0 Å². The minimum absolute atomic E-state index is 0.150. The molecule has 0 heterocycles. The van der Waals surface area contributed by atoms with Crippen LogP contribution in [-0.2, 0) is 4.79 Å². The van der Waals surface area contributed by atoms with Crippen LogP contribution in [0.15, 0.2) is 0 Å². The molecule has 5 nitrogen and oxygen atoms in total. The van der Waals surface area contributed by atoms with Crippen LogP contribution >= 0.6 is 0 Å². The van der Waals surface area contributed by atoms with Gasteiger partial charge in [0, 0.05) is 6.54 Å². The average Bonchev–Trinajstić information content (AvgIpc) is 2.40. The Bertz CT molecular complexity index is 245. The summed E-state index contributed by atoms with van der Waals surface area (Å²) in [6.07, 6.45) is 5.22. The molecule has 0 unspecified atom stereocenters. The minimum Gasteiger partial charge on any atom is -0.481 e. The molecule has 0 bridgehead atoms. The molecule has 1 saturated carbocycles. The number of rotatable bonds is 3. The Morgan fingerprint density at radius 3 is 2.13 bits per heavy atom. The van der Waals surface area contributed by atoms with Gasteiger partial charge in [0.2, 0.25) is 0 Å². The standard InChI is InChI=1S/C10H18N2O3/c11-9(15)12-7-10(8(13)14)5-3-1-2-4-6-10/h1-7H2,(H,13,14)(H3,11,12,15). The van der Waals surface area contributed by atoms with Gasteiger partial charge in [-0.1, -0.05) is 25.7 Å². The monoisotopic (exact) mass is 214 g/mol. The number of primary amides is 1. The van der Waals surface area contributed by atoms with E-state index in [-0.39, 0.29) is 6.54 Å². The molecule has 0 saturated heterocycles. The summed E-state index contributed by atoms with van der Waals surface area (Å²) in [6, 6.07) is -0.653. The molecule has 0 aliphatic heterocycles. The van der Waals surface area contributed by atoms with E-state index in [0.717, 1.165) is 25.7 Å². The van der Waals surface area contributed by atoms with E-state index in [1.807, 2.05) is 0 Å². The fourth-order valence-corrected chi connectivity index (χ4v) is 2.13. The predicted molar refractivity (Wildman–Crippen MR) is 55.4 cm³/mol. The van der Waals surface area contributed by atoms with Crippen molar-refractivity contribution in [3.8, 4) is 0 Å². The van der Waals surface area contributed by atoms with Crippen molar-refractivity contribution in [3.05, 3.63) is 0 Å². The first-order valence-electron chi connectivity index (χ1n) is 5.33. The van der Waals surface area contributed by atoms with Crippen molar-refractivity contribution in [2.75, 3.05) is 6.54 Å². The lowest BCUT2D eigenvalue weighted by Crippen LogP contribution is -2.44. The number of carbonyl (C=O) groups excluding carboxylic acids is 1. The van der Waals surface area contributed by atoms with Gasteiger partial charge >= 0.3 is 12.0 Å². The number of nitrogens with one attached hydrogen (secondary N) is 1. The Kier molecular flexibility index (Phi) is 3.94. The highest BCUT2D eigenvalue weighted by atomic mass is 16.4. The van der Waals surface area contributed by atoms with Crippen LogP contribution in [0.4, 0.5) is 4.79 Å². The second kappa shape index (κ2) is 5.00. The van der Waals surface area contributed by atoms with E-state index in [9.17, 15) is 14.7 Å². The number of carboxylic acids is 1. The number of hydrogen-bond donors (Lipinski definition) is 3. The fraction of sp³-hybridized carbons (Fsp3) is 0.800. The van der Waals surface area contributed by atoms with Gasteiger partial charge < -0.3 is 16.2 Å². The van der Waals surface area contributed by atoms with Crippen molar-refractivity contribution in [2.45, 2.75) is 38.5 Å². The zero-order valence-corrected chi connectivity index (χ0v) is 8.79. The van der Waals surface area contributed by atoms with Gasteiger partial charge in [0.1, 0.15) is 0 Å². The molecule has 2 amide bonds. The SMILES string of the molecule is NC(=O)NCC1(C(=O)O)CCCCCC1. The molecule has 4 N–H and O–H groups in total. The van der Waals surface area contributed by atoms with Gasteiger partial charge in [-0.25, -0.2) is 4.79 Å². The first-order chi connectivity index (χ1) is 7.07. The molecule has 1 aliphatic rings. The number of aliphatic carboxylic acids is 1. The topological polar surface area (TPSA) is 92.4 Å². The molecule has 1 rings (SSSR count). The molecule has 0 radical (unpaired) electrons. The molecule has 1 fully saturated rings. The van der Waals surface area contributed by atoms with E-state index in [1.54, 1.807) is 0 Å². The van der Waals surface area contributed by atoms with Gasteiger partial charge in [0.25, 0.3) is 0 Å². The Hall–Kier alpha value is -1.26. The maximum atomic E-state index is 11.2. The second-order valence-corrected chi connectivity index (χ2v) is 4.22. The number of amides is 2. The molecular formula is C10H18N2O3. The molecule has 0 aromatic carbocycles. The maximum Gasteiger partial charge on any atom is 0.312 e. The number of nitrogens with two attached hydrogens (primary N) is 1. The van der Waals surface area contributed by atoms with Crippen LogP contribution in [0.5, 0.6) is 0 Å². The van der Waals surface area contributed by atoms with Gasteiger partial charge in [-0.3, -0.25) is 4.79 Å². The van der Waals surface area contributed by atoms with Crippen LogP contribution in [0.3, 0.4) is 0 Å². The largest absolute Gasteiger partial charge is 0.481 e. The summed E-state index contributed by atoms with van der Waals surface area (Å²) < 4.78 is 0. The molecule has 5 heteroatoms. The lowest BCUT2D eigenvalue weighted by atomic mass is 9.80. The Balaban J connectivity index is 2.67. The van der Waals surface area contributed by atoms with Crippen LogP contribution < -0.4 is 11.1 Å². The predicted octanol–water partition coefficient (Wildman–Crippen LogP) is 1.08. The first kappa shape index (κ1) is 11.8. The van der Waals surface area contributed by atoms with E-state index in [0.29, 0.717) is 12.8 Å². The first-order valence-corrected chi connectivity index (χ1v) is 5.33. The maximum absolute atomic E-state index is 11.2. The van der Waals surface area contributed by atoms with E-state index in [2.05, 4.69) is 5.32 Å². The highest BCUT2D eigenvalue weighted by Gasteiger charge is 2.38. The van der Waals surface area contributed by atoms with E-state index in [4.69, 9.17) is 5.73 Å². The van der Waals surface area contributed by atoms with Crippen molar-refractivity contribution in [1.82, 2.24) is 5.32 Å². The highest BCUT2D eigenvalue weighted by molar-refractivity contribution is 5.77. The normalized spacial score (nSPS) is 20.3. The summed E-state index contributed by atoms with van der Waals surface area (Å²) in [5.41, 5.74) is 4.16. The minimum atomic E-state index is -0.821. The average molecular weight is 214 g/mol. The molecule has 15 heavy (non-hydrogen) atoms. The lowest BCUT2D eigenvalue weighted by Gasteiger charge is -2.27. The van der Waals surface area contributed by atoms with Crippen LogP contribution in [0.1, 0.15) is 38.5 Å². The summed E-state index contributed by atoms with van der Waals surface area (Å²) in [4.78, 5) is 21.9. The third-order valence-electron chi connectivity index (χ3n) is 3.12. The van der Waals surface area contributed by atoms with Gasteiger partial charge in [0.15, 0.2) is 0 Å². The number of carbonyl (C=O) groups is 2. The summed E-state index contributed by atoms with van der Waals surface area (Å²) >= 11 is 0. The van der Waals surface area contributed by atoms with Gasteiger partial charge in [-0.05, 0) is 12.8 Å². The third kappa shape index (κ3) is 3.11. The van der Waals surface area contributed by atoms with Crippen LogP contribution in [-0.4, -0.2) is 23.7 Å². The molecule has 1 aliphatic carbocycles. The van der Waals surface area contributed by atoms with Crippen molar-refractivity contribution in [1.29, 1.82) is 0 Å². The zero-order valence-electron chi connectivity index (χ0n) is 8.79. The van der Waals surface area contributed by atoms with E-state index in [1.165, 1.54) is 0 Å². The molecule has 0 atom stereocenters. The Morgan fingerprint density at radius 1 is 1.20 bits per heavy atom. The molecule has 86 valence electrons. The fourth-order valence-electron chi connectivity index (χ4n) is 2.13. The zero-order chi connectivity index (χ0) is 11.3. The third-order valence-corrected chi connectivity index (χ3v) is 3.12. The van der Waals surface area contributed by atoms with Gasteiger partial charge in [0.05, 0.1) is 5.41 Å². The Morgan fingerprint density at radius 2 is 1.73 bits per heavy atom. The summed E-state index contributed by atoms with van der Waals surface area (Å²) in [5.74, 6) is -0.821. The number of hydrogen-bond acceptors (Lipinski definition) is 2. The summed E-state index contributed by atoms with van der Waals surface area (Å²) in [7, 11) is 0. The van der Waals surface area contributed by atoms with Crippen molar-refractivity contribution in [3.63, 3.8) is 0 Å². The van der Waals surface area contributed by atoms with Gasteiger partial charge in [-0.15, -0.1) is 0 Å².